The van der Waals surface area contributed by atoms with Crippen LogP contribution in [-0.4, -0.2) is 48.6 Å². The summed E-state index contributed by atoms with van der Waals surface area (Å²) in [7, 11) is 0. The van der Waals surface area contributed by atoms with Crippen LogP contribution in [0.5, 0.6) is 0 Å². The van der Waals surface area contributed by atoms with Crippen molar-refractivity contribution in [2.45, 2.75) is 33.0 Å². The molecule has 1 N–H and O–H groups in total. The van der Waals surface area contributed by atoms with E-state index in [0.29, 0.717) is 19.7 Å². The number of esters is 1. The normalized spacial score (nSPS) is 21.9. The highest BCUT2D eigenvalue weighted by Crippen LogP contribution is 2.15. The third-order valence-corrected chi connectivity index (χ3v) is 3.84. The van der Waals surface area contributed by atoms with Crippen molar-refractivity contribution in [3.63, 3.8) is 0 Å². The largest absolute Gasteiger partial charge is 0.460 e. The average Bonchev–Trinajstić information content (AvgIpc) is 2.48. The fraction of sp³-hybridized carbons (Fsp3) is 0.500. The molecule has 1 heterocycles. The number of anilines is 1. The molecule has 0 bridgehead atoms. The van der Waals surface area contributed by atoms with Gasteiger partial charge in [-0.15, -0.1) is 5.10 Å². The van der Waals surface area contributed by atoms with Gasteiger partial charge in [0.1, 0.15) is 0 Å². The number of halogens is 1. The van der Waals surface area contributed by atoms with Crippen LogP contribution in [0.2, 0.25) is 0 Å². The highest BCUT2D eigenvalue weighted by molar-refractivity contribution is 9.10. The SMILES string of the molecule is CCOC(=O)C(=NNc1ccc(Br)cc1)N1CC(C)OC(C)C1. The molecule has 126 valence electrons. The van der Waals surface area contributed by atoms with Gasteiger partial charge in [0, 0.05) is 17.6 Å². The van der Waals surface area contributed by atoms with E-state index in [2.05, 4.69) is 26.5 Å². The molecule has 1 aromatic rings. The molecule has 0 saturated carbocycles. The van der Waals surface area contributed by atoms with E-state index in [-0.39, 0.29) is 18.0 Å². The predicted molar refractivity (Wildman–Crippen MR) is 93.4 cm³/mol. The van der Waals surface area contributed by atoms with Crippen molar-refractivity contribution in [3.8, 4) is 0 Å². The Kier molecular flexibility index (Phi) is 6.41. The number of hydrogen-bond donors (Lipinski definition) is 1. The topological polar surface area (TPSA) is 63.2 Å². The van der Waals surface area contributed by atoms with Crippen LogP contribution in [0.1, 0.15) is 20.8 Å². The van der Waals surface area contributed by atoms with E-state index >= 15 is 0 Å². The van der Waals surface area contributed by atoms with Crippen molar-refractivity contribution < 1.29 is 14.3 Å². The third kappa shape index (κ3) is 5.21. The van der Waals surface area contributed by atoms with Crippen LogP contribution < -0.4 is 5.43 Å². The van der Waals surface area contributed by atoms with Gasteiger partial charge in [0.05, 0.1) is 24.5 Å². The number of carbonyl (C=O) groups is 1. The summed E-state index contributed by atoms with van der Waals surface area (Å²) in [5, 5.41) is 4.28. The van der Waals surface area contributed by atoms with E-state index < -0.39 is 5.97 Å². The summed E-state index contributed by atoms with van der Waals surface area (Å²) in [6, 6.07) is 7.56. The zero-order valence-electron chi connectivity index (χ0n) is 13.6. The molecule has 2 rings (SSSR count). The Labute approximate surface area is 145 Å². The molecular formula is C16H22BrN3O3. The van der Waals surface area contributed by atoms with Gasteiger partial charge >= 0.3 is 5.97 Å². The van der Waals surface area contributed by atoms with Crippen molar-refractivity contribution in [2.24, 2.45) is 5.10 Å². The Morgan fingerprint density at radius 3 is 2.52 bits per heavy atom. The highest BCUT2D eigenvalue weighted by atomic mass is 79.9. The van der Waals surface area contributed by atoms with Gasteiger partial charge in [-0.25, -0.2) is 4.79 Å². The quantitative estimate of drug-likeness (QED) is 0.376. The zero-order valence-corrected chi connectivity index (χ0v) is 15.2. The maximum Gasteiger partial charge on any atom is 0.375 e. The molecule has 0 amide bonds. The van der Waals surface area contributed by atoms with Gasteiger partial charge in [0.15, 0.2) is 0 Å². The summed E-state index contributed by atoms with van der Waals surface area (Å²) in [5.74, 6) is -0.157. The first kappa shape index (κ1) is 17.7. The first-order valence-corrected chi connectivity index (χ1v) is 8.45. The maximum atomic E-state index is 12.2. The Balaban J connectivity index is 2.17. The van der Waals surface area contributed by atoms with Crippen LogP contribution in [0.3, 0.4) is 0 Å². The van der Waals surface area contributed by atoms with Gasteiger partial charge in [-0.2, -0.15) is 0 Å². The highest BCUT2D eigenvalue weighted by Gasteiger charge is 2.29. The summed E-state index contributed by atoms with van der Waals surface area (Å²) in [6.07, 6.45) is 0.0668. The van der Waals surface area contributed by atoms with Crippen molar-refractivity contribution in [1.82, 2.24) is 4.90 Å². The van der Waals surface area contributed by atoms with E-state index in [4.69, 9.17) is 9.47 Å². The van der Waals surface area contributed by atoms with E-state index in [1.165, 1.54) is 0 Å². The average molecular weight is 384 g/mol. The number of nitrogens with zero attached hydrogens (tertiary/aromatic N) is 2. The molecular weight excluding hydrogens is 362 g/mol. The molecule has 0 radical (unpaired) electrons. The number of carbonyl (C=O) groups excluding carboxylic acids is 1. The fourth-order valence-electron chi connectivity index (χ4n) is 2.43. The van der Waals surface area contributed by atoms with Crippen molar-refractivity contribution >= 4 is 33.4 Å². The van der Waals surface area contributed by atoms with Gasteiger partial charge in [0.25, 0.3) is 0 Å². The minimum Gasteiger partial charge on any atom is -0.460 e. The van der Waals surface area contributed by atoms with Crippen LogP contribution in [0.15, 0.2) is 33.8 Å². The van der Waals surface area contributed by atoms with Crippen molar-refractivity contribution in [1.29, 1.82) is 0 Å². The predicted octanol–water partition coefficient (Wildman–Crippen LogP) is 2.85. The summed E-state index contributed by atoms with van der Waals surface area (Å²) >= 11 is 3.39. The molecule has 7 heteroatoms. The number of hydrazone groups is 1. The number of morpholine rings is 1. The van der Waals surface area contributed by atoms with E-state index in [1.807, 2.05) is 43.0 Å². The van der Waals surface area contributed by atoms with Crippen LogP contribution in [0.25, 0.3) is 0 Å². The molecule has 1 saturated heterocycles. The minimum absolute atomic E-state index is 0.0334. The zero-order chi connectivity index (χ0) is 16.8. The van der Waals surface area contributed by atoms with Crippen molar-refractivity contribution in [2.75, 3.05) is 25.1 Å². The monoisotopic (exact) mass is 383 g/mol. The number of ether oxygens (including phenoxy) is 2. The van der Waals surface area contributed by atoms with Crippen LogP contribution >= 0.6 is 15.9 Å². The van der Waals surface area contributed by atoms with Gasteiger partial charge in [-0.3, -0.25) is 5.43 Å². The first-order valence-electron chi connectivity index (χ1n) is 7.66. The number of rotatable bonds is 3. The first-order chi connectivity index (χ1) is 11.0. The van der Waals surface area contributed by atoms with Crippen LogP contribution in [0.4, 0.5) is 5.69 Å². The standard InChI is InChI=1S/C16H22BrN3O3/c1-4-22-16(21)15(20-9-11(2)23-12(3)10-20)19-18-14-7-5-13(17)6-8-14/h5-8,11-12,18H,4,9-10H2,1-3H3. The lowest BCUT2D eigenvalue weighted by Gasteiger charge is -2.36. The lowest BCUT2D eigenvalue weighted by atomic mass is 10.2. The fourth-order valence-corrected chi connectivity index (χ4v) is 2.70. The Morgan fingerprint density at radius 1 is 1.35 bits per heavy atom. The summed E-state index contributed by atoms with van der Waals surface area (Å²) in [6.45, 7) is 7.25. The van der Waals surface area contributed by atoms with Gasteiger partial charge in [-0.1, -0.05) is 15.9 Å². The maximum absolute atomic E-state index is 12.2. The molecule has 1 aliphatic rings. The summed E-state index contributed by atoms with van der Waals surface area (Å²) in [4.78, 5) is 14.2. The van der Waals surface area contributed by atoms with Gasteiger partial charge in [-0.05, 0) is 45.0 Å². The number of amidine groups is 1. The van der Waals surface area contributed by atoms with E-state index in [1.54, 1.807) is 6.92 Å². The van der Waals surface area contributed by atoms with Crippen LogP contribution in [0, 0.1) is 0 Å². The van der Waals surface area contributed by atoms with Crippen LogP contribution in [-0.2, 0) is 14.3 Å². The minimum atomic E-state index is -0.432. The van der Waals surface area contributed by atoms with Gasteiger partial charge in [0.2, 0.25) is 5.84 Å². The molecule has 0 spiro atoms. The summed E-state index contributed by atoms with van der Waals surface area (Å²) in [5.41, 5.74) is 3.72. The number of nitrogens with one attached hydrogen (secondary N) is 1. The molecule has 1 aliphatic heterocycles. The smallest absolute Gasteiger partial charge is 0.375 e. The third-order valence-electron chi connectivity index (χ3n) is 3.31. The second-order valence-corrected chi connectivity index (χ2v) is 6.35. The lowest BCUT2D eigenvalue weighted by Crippen LogP contribution is -2.51. The lowest BCUT2D eigenvalue weighted by molar-refractivity contribution is -0.136. The Bertz CT molecular complexity index is 552. The molecule has 2 atom stereocenters. The molecule has 2 unspecified atom stereocenters. The molecule has 1 aromatic carbocycles. The van der Waals surface area contributed by atoms with Gasteiger partial charge < -0.3 is 14.4 Å². The number of hydrogen-bond acceptors (Lipinski definition) is 5. The van der Waals surface area contributed by atoms with E-state index in [0.717, 1.165) is 10.2 Å². The molecule has 23 heavy (non-hydrogen) atoms. The second kappa shape index (κ2) is 8.31. The van der Waals surface area contributed by atoms with Crippen molar-refractivity contribution in [3.05, 3.63) is 28.7 Å². The molecule has 0 aliphatic carbocycles. The second-order valence-electron chi connectivity index (χ2n) is 5.44. The Morgan fingerprint density at radius 2 is 1.96 bits per heavy atom. The summed E-state index contributed by atoms with van der Waals surface area (Å²) < 4.78 is 11.8. The molecule has 6 nitrogen and oxygen atoms in total. The molecule has 0 aromatic heterocycles. The van der Waals surface area contributed by atoms with E-state index in [9.17, 15) is 4.79 Å². The number of benzene rings is 1. The molecule has 1 fully saturated rings. The Hall–Kier alpha value is -1.60.